The fraction of sp³-hybridized carbons (Fsp3) is 1.00. The van der Waals surface area contributed by atoms with Gasteiger partial charge in [0.25, 0.3) is 0 Å². The Bertz CT molecular complexity index is 114. The highest BCUT2D eigenvalue weighted by Crippen LogP contribution is 2.01. The fourth-order valence-electron chi connectivity index (χ4n) is 1.78. The van der Waals surface area contributed by atoms with Gasteiger partial charge in [0.15, 0.2) is 0 Å². The predicted molar refractivity (Wildman–Crippen MR) is 53.4 cm³/mol. The lowest BCUT2D eigenvalue weighted by Gasteiger charge is -2.21. The molecule has 0 aromatic carbocycles. The van der Waals surface area contributed by atoms with Crippen LogP contribution in [0.15, 0.2) is 0 Å². The maximum absolute atomic E-state index is 3.51. The maximum atomic E-state index is 3.51. The van der Waals surface area contributed by atoms with Crippen LogP contribution in [0, 0.1) is 0 Å². The molecular weight excluding hydrogens is 148 g/mol. The Balaban J connectivity index is 2.21. The first kappa shape index (κ1) is 10.0. The summed E-state index contributed by atoms with van der Waals surface area (Å²) in [6.45, 7) is 9.56. The van der Waals surface area contributed by atoms with Crippen LogP contribution in [0.5, 0.6) is 0 Å². The summed E-state index contributed by atoms with van der Waals surface area (Å²) in [6.07, 6.45) is 3.99. The molecule has 1 fully saturated rings. The molecule has 0 saturated carbocycles. The van der Waals surface area contributed by atoms with Gasteiger partial charge in [-0.2, -0.15) is 0 Å². The molecule has 0 spiro atoms. The third kappa shape index (κ3) is 3.55. The fourth-order valence-corrected chi connectivity index (χ4v) is 1.78. The third-order valence-electron chi connectivity index (χ3n) is 2.50. The molecule has 2 nitrogen and oxygen atoms in total. The largest absolute Gasteiger partial charge is 0.313 e. The van der Waals surface area contributed by atoms with Crippen LogP contribution < -0.4 is 5.32 Å². The van der Waals surface area contributed by atoms with E-state index in [1.54, 1.807) is 0 Å². The van der Waals surface area contributed by atoms with Crippen molar-refractivity contribution in [1.29, 1.82) is 0 Å². The molecule has 1 aliphatic rings. The Kier molecular flexibility index (Phi) is 4.62. The van der Waals surface area contributed by atoms with Gasteiger partial charge in [0, 0.05) is 12.6 Å². The van der Waals surface area contributed by atoms with Gasteiger partial charge in [-0.15, -0.1) is 0 Å². The molecule has 1 N–H and O–H groups in total. The molecule has 1 aliphatic heterocycles. The van der Waals surface area contributed by atoms with E-state index in [-0.39, 0.29) is 0 Å². The van der Waals surface area contributed by atoms with Crippen LogP contribution in [0.25, 0.3) is 0 Å². The van der Waals surface area contributed by atoms with Gasteiger partial charge in [-0.25, -0.2) is 0 Å². The Hall–Kier alpha value is -0.0800. The van der Waals surface area contributed by atoms with Crippen molar-refractivity contribution in [3.8, 4) is 0 Å². The average Bonchev–Trinajstić information content (AvgIpc) is 2.26. The standard InChI is InChI=1S/C10H22N2/c1-3-4-7-12-8-5-6-11-10(2)9-12/h10-11H,3-9H2,1-2H3. The van der Waals surface area contributed by atoms with Gasteiger partial charge in [0.2, 0.25) is 0 Å². The molecule has 0 bridgehead atoms. The first-order valence-electron chi connectivity index (χ1n) is 5.28. The van der Waals surface area contributed by atoms with Gasteiger partial charge in [0.1, 0.15) is 0 Å². The second-order valence-corrected chi connectivity index (χ2v) is 3.86. The van der Waals surface area contributed by atoms with Crippen LogP contribution in [0.1, 0.15) is 33.1 Å². The molecule has 1 unspecified atom stereocenters. The van der Waals surface area contributed by atoms with Crippen molar-refractivity contribution in [2.45, 2.75) is 39.2 Å². The lowest BCUT2D eigenvalue weighted by molar-refractivity contribution is 0.269. The minimum absolute atomic E-state index is 0.685. The zero-order valence-electron chi connectivity index (χ0n) is 8.47. The Morgan fingerprint density at radius 3 is 3.08 bits per heavy atom. The number of nitrogens with zero attached hydrogens (tertiary/aromatic N) is 1. The summed E-state index contributed by atoms with van der Waals surface area (Å²) in [4.78, 5) is 2.59. The average molecular weight is 170 g/mol. The molecule has 0 aromatic rings. The zero-order chi connectivity index (χ0) is 8.81. The van der Waals surface area contributed by atoms with E-state index in [0.29, 0.717) is 6.04 Å². The number of nitrogens with one attached hydrogen (secondary N) is 1. The highest BCUT2D eigenvalue weighted by Gasteiger charge is 2.12. The molecule has 72 valence electrons. The number of unbranched alkanes of at least 4 members (excludes halogenated alkanes) is 1. The van der Waals surface area contributed by atoms with E-state index in [2.05, 4.69) is 24.1 Å². The Morgan fingerprint density at radius 2 is 2.33 bits per heavy atom. The molecule has 1 rings (SSSR count). The molecular formula is C10H22N2. The number of hydrogen-bond acceptors (Lipinski definition) is 2. The lowest BCUT2D eigenvalue weighted by atomic mass is 10.2. The van der Waals surface area contributed by atoms with E-state index in [9.17, 15) is 0 Å². The van der Waals surface area contributed by atoms with Crippen molar-refractivity contribution >= 4 is 0 Å². The molecule has 1 heterocycles. The number of hydrogen-bond donors (Lipinski definition) is 1. The minimum Gasteiger partial charge on any atom is -0.313 e. The van der Waals surface area contributed by atoms with E-state index in [1.807, 2.05) is 0 Å². The van der Waals surface area contributed by atoms with E-state index in [0.717, 1.165) is 0 Å². The first-order valence-corrected chi connectivity index (χ1v) is 5.28. The molecule has 12 heavy (non-hydrogen) atoms. The van der Waals surface area contributed by atoms with Crippen molar-refractivity contribution in [3.05, 3.63) is 0 Å². The summed E-state index contributed by atoms with van der Waals surface area (Å²) >= 11 is 0. The van der Waals surface area contributed by atoms with Gasteiger partial charge in [-0.3, -0.25) is 0 Å². The van der Waals surface area contributed by atoms with Crippen LogP contribution in [0.4, 0.5) is 0 Å². The quantitative estimate of drug-likeness (QED) is 0.690. The van der Waals surface area contributed by atoms with E-state index in [1.165, 1.54) is 45.4 Å². The second-order valence-electron chi connectivity index (χ2n) is 3.86. The SMILES string of the molecule is CCCCN1CCCNC(C)C1. The van der Waals surface area contributed by atoms with Crippen LogP contribution in [0.3, 0.4) is 0 Å². The summed E-state index contributed by atoms with van der Waals surface area (Å²) in [5, 5.41) is 3.51. The van der Waals surface area contributed by atoms with Crippen LogP contribution in [0.2, 0.25) is 0 Å². The number of rotatable bonds is 3. The Labute approximate surface area is 76.3 Å². The van der Waals surface area contributed by atoms with Gasteiger partial charge in [-0.1, -0.05) is 13.3 Å². The topological polar surface area (TPSA) is 15.3 Å². The van der Waals surface area contributed by atoms with Gasteiger partial charge < -0.3 is 10.2 Å². The summed E-state index contributed by atoms with van der Waals surface area (Å²) in [5.74, 6) is 0. The zero-order valence-corrected chi connectivity index (χ0v) is 8.47. The summed E-state index contributed by atoms with van der Waals surface area (Å²) in [7, 11) is 0. The van der Waals surface area contributed by atoms with Crippen molar-refractivity contribution in [2.75, 3.05) is 26.2 Å². The van der Waals surface area contributed by atoms with Gasteiger partial charge >= 0.3 is 0 Å². The molecule has 1 atom stereocenters. The van der Waals surface area contributed by atoms with Crippen molar-refractivity contribution in [1.82, 2.24) is 10.2 Å². The summed E-state index contributed by atoms with van der Waals surface area (Å²) < 4.78 is 0. The maximum Gasteiger partial charge on any atom is 0.0166 e. The highest BCUT2D eigenvalue weighted by atomic mass is 15.2. The van der Waals surface area contributed by atoms with E-state index >= 15 is 0 Å². The first-order chi connectivity index (χ1) is 5.83. The lowest BCUT2D eigenvalue weighted by Crippen LogP contribution is -2.35. The monoisotopic (exact) mass is 170 g/mol. The molecule has 0 radical (unpaired) electrons. The van der Waals surface area contributed by atoms with E-state index < -0.39 is 0 Å². The minimum atomic E-state index is 0.685. The van der Waals surface area contributed by atoms with Gasteiger partial charge in [-0.05, 0) is 39.4 Å². The summed E-state index contributed by atoms with van der Waals surface area (Å²) in [6, 6.07) is 0.685. The summed E-state index contributed by atoms with van der Waals surface area (Å²) in [5.41, 5.74) is 0. The van der Waals surface area contributed by atoms with E-state index in [4.69, 9.17) is 0 Å². The predicted octanol–water partition coefficient (Wildman–Crippen LogP) is 1.47. The smallest absolute Gasteiger partial charge is 0.0166 e. The molecule has 2 heteroatoms. The van der Waals surface area contributed by atoms with Crippen LogP contribution in [-0.4, -0.2) is 37.1 Å². The second kappa shape index (κ2) is 5.55. The molecule has 0 aliphatic carbocycles. The molecule has 1 saturated heterocycles. The van der Waals surface area contributed by atoms with Crippen molar-refractivity contribution in [2.24, 2.45) is 0 Å². The van der Waals surface area contributed by atoms with Crippen molar-refractivity contribution < 1.29 is 0 Å². The van der Waals surface area contributed by atoms with Crippen molar-refractivity contribution in [3.63, 3.8) is 0 Å². The normalized spacial score (nSPS) is 27.0. The molecule has 0 amide bonds. The van der Waals surface area contributed by atoms with Gasteiger partial charge in [0.05, 0.1) is 0 Å². The van der Waals surface area contributed by atoms with Crippen LogP contribution in [-0.2, 0) is 0 Å². The Morgan fingerprint density at radius 1 is 1.50 bits per heavy atom. The molecule has 0 aromatic heterocycles. The van der Waals surface area contributed by atoms with Crippen LogP contribution >= 0.6 is 0 Å². The highest BCUT2D eigenvalue weighted by molar-refractivity contribution is 4.72. The third-order valence-corrected chi connectivity index (χ3v) is 2.50.